The number of methoxy groups -OCH3 is 1. The fourth-order valence-corrected chi connectivity index (χ4v) is 1.66. The quantitative estimate of drug-likeness (QED) is 0.807. The van der Waals surface area contributed by atoms with Crippen molar-refractivity contribution in [3.63, 3.8) is 0 Å². The van der Waals surface area contributed by atoms with Crippen molar-refractivity contribution >= 4 is 23.2 Å². The van der Waals surface area contributed by atoms with Gasteiger partial charge in [-0.1, -0.05) is 23.2 Å². The molecule has 6 heteroatoms. The van der Waals surface area contributed by atoms with E-state index >= 15 is 0 Å². The molecule has 1 heterocycles. The molecule has 0 saturated carbocycles. The lowest BCUT2D eigenvalue weighted by molar-refractivity contribution is 0.0515. The molecule has 0 atom stereocenters. The second-order valence-corrected chi connectivity index (χ2v) is 4.24. The van der Waals surface area contributed by atoms with Gasteiger partial charge in [0, 0.05) is 17.7 Å². The number of rotatable bonds is 4. The van der Waals surface area contributed by atoms with Gasteiger partial charge in [-0.2, -0.15) is 0 Å². The molecule has 0 aliphatic carbocycles. The van der Waals surface area contributed by atoms with Crippen molar-refractivity contribution in [3.05, 3.63) is 40.8 Å². The average molecular weight is 285 g/mol. The summed E-state index contributed by atoms with van der Waals surface area (Å²) in [4.78, 5) is 8.17. The van der Waals surface area contributed by atoms with Gasteiger partial charge < -0.3 is 9.47 Å². The summed E-state index contributed by atoms with van der Waals surface area (Å²) in [5.41, 5.74) is 1.43. The van der Waals surface area contributed by atoms with E-state index in [1.54, 1.807) is 25.4 Å². The van der Waals surface area contributed by atoms with Crippen LogP contribution in [0.25, 0.3) is 11.3 Å². The Kier molecular flexibility index (Phi) is 4.36. The highest BCUT2D eigenvalue weighted by molar-refractivity contribution is 6.30. The Bertz CT molecular complexity index is 532. The fraction of sp³-hybridized carbons (Fsp3) is 0.167. The van der Waals surface area contributed by atoms with Crippen molar-refractivity contribution in [1.82, 2.24) is 9.97 Å². The zero-order valence-corrected chi connectivity index (χ0v) is 11.1. The molecule has 1 aromatic carbocycles. The van der Waals surface area contributed by atoms with Gasteiger partial charge in [-0.25, -0.2) is 4.98 Å². The maximum atomic E-state index is 5.93. The molecule has 0 saturated heterocycles. The molecule has 0 N–H and O–H groups in total. The van der Waals surface area contributed by atoms with E-state index in [0.717, 1.165) is 5.56 Å². The number of halogens is 2. The Hall–Kier alpha value is -1.36. The van der Waals surface area contributed by atoms with Crippen LogP contribution in [0.2, 0.25) is 10.2 Å². The van der Waals surface area contributed by atoms with Crippen molar-refractivity contribution < 1.29 is 9.47 Å². The normalized spacial score (nSPS) is 10.4. The highest BCUT2D eigenvalue weighted by atomic mass is 35.5. The number of benzene rings is 1. The van der Waals surface area contributed by atoms with E-state index in [-0.39, 0.29) is 6.79 Å². The third kappa shape index (κ3) is 3.10. The van der Waals surface area contributed by atoms with Gasteiger partial charge in [0.15, 0.2) is 6.79 Å². The molecule has 0 aliphatic rings. The smallest absolute Gasteiger partial charge is 0.188 e. The van der Waals surface area contributed by atoms with E-state index in [1.807, 2.05) is 6.07 Å². The van der Waals surface area contributed by atoms with Gasteiger partial charge in [-0.15, -0.1) is 0 Å². The molecule has 0 bridgehead atoms. The SMILES string of the molecule is COCOc1cc(Cl)ccc1-c1cnc(Cl)cn1. The summed E-state index contributed by atoms with van der Waals surface area (Å²) in [5, 5.41) is 0.916. The van der Waals surface area contributed by atoms with Crippen LogP contribution in [-0.4, -0.2) is 23.9 Å². The minimum Gasteiger partial charge on any atom is -0.467 e. The summed E-state index contributed by atoms with van der Waals surface area (Å²) in [5.74, 6) is 0.584. The maximum Gasteiger partial charge on any atom is 0.188 e. The predicted octanol–water partition coefficient (Wildman–Crippen LogP) is 3.43. The molecule has 0 radical (unpaired) electrons. The molecule has 0 fully saturated rings. The summed E-state index contributed by atoms with van der Waals surface area (Å²) in [6, 6.07) is 5.27. The van der Waals surface area contributed by atoms with Crippen LogP contribution in [0.4, 0.5) is 0 Å². The van der Waals surface area contributed by atoms with E-state index in [1.165, 1.54) is 6.20 Å². The van der Waals surface area contributed by atoms with E-state index in [0.29, 0.717) is 21.6 Å². The van der Waals surface area contributed by atoms with Crippen molar-refractivity contribution in [1.29, 1.82) is 0 Å². The van der Waals surface area contributed by atoms with E-state index in [4.69, 9.17) is 32.7 Å². The summed E-state index contributed by atoms with van der Waals surface area (Å²) >= 11 is 11.6. The van der Waals surface area contributed by atoms with Gasteiger partial charge in [0.1, 0.15) is 10.9 Å². The number of hydrogen-bond donors (Lipinski definition) is 0. The summed E-state index contributed by atoms with van der Waals surface area (Å²) in [6.07, 6.45) is 3.05. The monoisotopic (exact) mass is 284 g/mol. The van der Waals surface area contributed by atoms with Gasteiger partial charge >= 0.3 is 0 Å². The van der Waals surface area contributed by atoms with Crippen LogP contribution in [-0.2, 0) is 4.74 Å². The van der Waals surface area contributed by atoms with E-state index in [2.05, 4.69) is 9.97 Å². The van der Waals surface area contributed by atoms with Crippen molar-refractivity contribution in [2.45, 2.75) is 0 Å². The first-order valence-electron chi connectivity index (χ1n) is 5.10. The van der Waals surface area contributed by atoms with Gasteiger partial charge in [0.2, 0.25) is 0 Å². The molecule has 0 aliphatic heterocycles. The van der Waals surface area contributed by atoms with Crippen LogP contribution in [0.5, 0.6) is 5.75 Å². The molecule has 0 amide bonds. The van der Waals surface area contributed by atoms with Gasteiger partial charge in [-0.3, -0.25) is 4.98 Å². The Morgan fingerprint density at radius 2 is 2.00 bits per heavy atom. The lowest BCUT2D eigenvalue weighted by atomic mass is 10.1. The topological polar surface area (TPSA) is 44.2 Å². The lowest BCUT2D eigenvalue weighted by Crippen LogP contribution is -2.00. The highest BCUT2D eigenvalue weighted by Crippen LogP contribution is 2.31. The molecule has 0 spiro atoms. The minimum absolute atomic E-state index is 0.133. The molecule has 2 aromatic rings. The highest BCUT2D eigenvalue weighted by Gasteiger charge is 2.09. The molecule has 94 valence electrons. The van der Waals surface area contributed by atoms with Gasteiger partial charge in [0.25, 0.3) is 0 Å². The van der Waals surface area contributed by atoms with Crippen molar-refractivity contribution in [2.75, 3.05) is 13.9 Å². The first-order valence-corrected chi connectivity index (χ1v) is 5.85. The third-order valence-electron chi connectivity index (χ3n) is 2.17. The first-order chi connectivity index (χ1) is 8.70. The Labute approximate surface area is 114 Å². The van der Waals surface area contributed by atoms with E-state index < -0.39 is 0 Å². The maximum absolute atomic E-state index is 5.93. The molecular weight excluding hydrogens is 275 g/mol. The van der Waals surface area contributed by atoms with Crippen LogP contribution in [0, 0.1) is 0 Å². The number of nitrogens with zero attached hydrogens (tertiary/aromatic N) is 2. The van der Waals surface area contributed by atoms with E-state index in [9.17, 15) is 0 Å². The third-order valence-corrected chi connectivity index (χ3v) is 2.60. The number of hydrogen-bond acceptors (Lipinski definition) is 4. The first kappa shape index (κ1) is 13.1. The molecule has 0 unspecified atom stereocenters. The molecular formula is C12H10Cl2N2O2. The Balaban J connectivity index is 2.39. The predicted molar refractivity (Wildman–Crippen MR) is 70.0 cm³/mol. The van der Waals surface area contributed by atoms with Crippen LogP contribution < -0.4 is 4.74 Å². The summed E-state index contributed by atoms with van der Waals surface area (Å²) in [7, 11) is 1.55. The summed E-state index contributed by atoms with van der Waals surface area (Å²) in [6.45, 7) is 0.133. The van der Waals surface area contributed by atoms with Crippen molar-refractivity contribution in [3.8, 4) is 17.0 Å². The second kappa shape index (κ2) is 6.00. The standard InChI is InChI=1S/C12H10Cl2N2O2/c1-17-7-18-11-4-8(13)2-3-9(11)10-5-16-12(14)6-15-10/h2-6H,7H2,1H3. The van der Waals surface area contributed by atoms with Crippen LogP contribution in [0.3, 0.4) is 0 Å². The molecule has 2 rings (SSSR count). The number of ether oxygens (including phenoxy) is 2. The van der Waals surface area contributed by atoms with Gasteiger partial charge in [0.05, 0.1) is 18.1 Å². The zero-order chi connectivity index (χ0) is 13.0. The molecule has 18 heavy (non-hydrogen) atoms. The molecule has 1 aromatic heterocycles. The Morgan fingerprint density at radius 3 is 2.67 bits per heavy atom. The number of aromatic nitrogens is 2. The van der Waals surface area contributed by atoms with Crippen LogP contribution in [0.1, 0.15) is 0 Å². The zero-order valence-electron chi connectivity index (χ0n) is 9.56. The van der Waals surface area contributed by atoms with Crippen LogP contribution >= 0.6 is 23.2 Å². The Morgan fingerprint density at radius 1 is 1.17 bits per heavy atom. The van der Waals surface area contributed by atoms with Crippen LogP contribution in [0.15, 0.2) is 30.6 Å². The van der Waals surface area contributed by atoms with Crippen molar-refractivity contribution in [2.24, 2.45) is 0 Å². The second-order valence-electron chi connectivity index (χ2n) is 3.42. The molecule has 4 nitrogen and oxygen atoms in total. The minimum atomic E-state index is 0.133. The average Bonchev–Trinajstić information content (AvgIpc) is 2.38. The summed E-state index contributed by atoms with van der Waals surface area (Å²) < 4.78 is 10.3. The fourth-order valence-electron chi connectivity index (χ4n) is 1.40. The van der Waals surface area contributed by atoms with Gasteiger partial charge in [-0.05, 0) is 18.2 Å². The largest absolute Gasteiger partial charge is 0.467 e. The lowest BCUT2D eigenvalue weighted by Gasteiger charge is -2.10.